The first-order valence-electron chi connectivity index (χ1n) is 4.31. The van der Waals surface area contributed by atoms with Crippen molar-refractivity contribution in [2.24, 2.45) is 0 Å². The molecule has 0 spiro atoms. The minimum Gasteiger partial charge on any atom is -0.392 e. The van der Waals surface area contributed by atoms with Crippen LogP contribution in [0.25, 0.3) is 10.9 Å². The number of nitrogens with zero attached hydrogens (tertiary/aromatic N) is 1. The Hall–Kier alpha value is -1.13. The minimum atomic E-state index is -2.63. The van der Waals surface area contributed by atoms with E-state index >= 15 is 0 Å². The average Bonchev–Trinajstić information content (AvgIpc) is 2.55. The molecule has 1 aromatic carbocycles. The highest BCUT2D eigenvalue weighted by molar-refractivity contribution is 6.31. The van der Waals surface area contributed by atoms with Gasteiger partial charge in [0, 0.05) is 22.2 Å². The third-order valence-electron chi connectivity index (χ3n) is 2.26. The first-order valence-corrected chi connectivity index (χ1v) is 4.69. The number of aliphatic hydroxyl groups is 1. The van der Waals surface area contributed by atoms with E-state index in [1.807, 2.05) is 0 Å². The molecule has 0 atom stereocenters. The SMILES string of the molecule is OCc1cn(C(F)F)c2cc(Cl)ccc12. The molecule has 2 nitrogen and oxygen atoms in total. The summed E-state index contributed by atoms with van der Waals surface area (Å²) < 4.78 is 26.0. The molecule has 0 unspecified atom stereocenters. The Morgan fingerprint density at radius 1 is 1.40 bits per heavy atom. The lowest BCUT2D eigenvalue weighted by atomic mass is 10.2. The van der Waals surface area contributed by atoms with Crippen molar-refractivity contribution in [1.82, 2.24) is 4.57 Å². The van der Waals surface area contributed by atoms with Crippen molar-refractivity contribution in [3.8, 4) is 0 Å². The van der Waals surface area contributed by atoms with Crippen LogP contribution in [0.15, 0.2) is 24.4 Å². The maximum absolute atomic E-state index is 12.6. The second-order valence-electron chi connectivity index (χ2n) is 3.16. The van der Waals surface area contributed by atoms with Crippen LogP contribution >= 0.6 is 11.6 Å². The fraction of sp³-hybridized carbons (Fsp3) is 0.200. The van der Waals surface area contributed by atoms with Gasteiger partial charge < -0.3 is 5.11 Å². The van der Waals surface area contributed by atoms with Gasteiger partial charge in [-0.25, -0.2) is 0 Å². The van der Waals surface area contributed by atoms with Crippen LogP contribution in [0.1, 0.15) is 12.1 Å². The van der Waals surface area contributed by atoms with Crippen LogP contribution in [0.2, 0.25) is 5.02 Å². The summed E-state index contributed by atoms with van der Waals surface area (Å²) in [6, 6.07) is 4.70. The standard InChI is InChI=1S/C10H8ClF2NO/c11-7-1-2-8-6(5-15)4-14(10(12)13)9(8)3-7/h1-4,10,15H,5H2. The van der Waals surface area contributed by atoms with E-state index in [2.05, 4.69) is 0 Å². The largest absolute Gasteiger partial charge is 0.392 e. The Labute approximate surface area is 89.7 Å². The highest BCUT2D eigenvalue weighted by Gasteiger charge is 2.13. The topological polar surface area (TPSA) is 25.2 Å². The van der Waals surface area contributed by atoms with E-state index in [4.69, 9.17) is 16.7 Å². The van der Waals surface area contributed by atoms with E-state index in [-0.39, 0.29) is 6.61 Å². The summed E-state index contributed by atoms with van der Waals surface area (Å²) in [6.45, 7) is -2.90. The Morgan fingerprint density at radius 3 is 2.73 bits per heavy atom. The molecule has 0 aliphatic rings. The maximum atomic E-state index is 12.6. The Morgan fingerprint density at radius 2 is 2.13 bits per heavy atom. The molecule has 0 fully saturated rings. The number of hydrogen-bond acceptors (Lipinski definition) is 1. The van der Waals surface area contributed by atoms with Gasteiger partial charge in [0.1, 0.15) is 0 Å². The van der Waals surface area contributed by atoms with Gasteiger partial charge in [0.15, 0.2) is 0 Å². The lowest BCUT2D eigenvalue weighted by Crippen LogP contribution is -1.94. The molecule has 0 bridgehead atoms. The molecule has 1 N–H and O–H groups in total. The van der Waals surface area contributed by atoms with E-state index in [1.165, 1.54) is 12.3 Å². The van der Waals surface area contributed by atoms with Gasteiger partial charge in [-0.15, -0.1) is 0 Å². The number of fused-ring (bicyclic) bond motifs is 1. The molecule has 5 heteroatoms. The summed E-state index contributed by atoms with van der Waals surface area (Å²) in [6.07, 6.45) is 1.24. The normalized spacial score (nSPS) is 11.5. The van der Waals surface area contributed by atoms with E-state index in [0.29, 0.717) is 21.5 Å². The van der Waals surface area contributed by atoms with Crippen LogP contribution < -0.4 is 0 Å². The van der Waals surface area contributed by atoms with Gasteiger partial charge in [-0.1, -0.05) is 17.7 Å². The molecule has 0 radical (unpaired) electrons. The van der Waals surface area contributed by atoms with Crippen LogP contribution in [0, 0.1) is 0 Å². The van der Waals surface area contributed by atoms with Crippen molar-refractivity contribution in [3.63, 3.8) is 0 Å². The number of halogens is 3. The first kappa shape index (κ1) is 10.4. The smallest absolute Gasteiger partial charge is 0.319 e. The number of aromatic nitrogens is 1. The molecule has 1 aromatic heterocycles. The third kappa shape index (κ3) is 1.70. The summed E-state index contributed by atoms with van der Waals surface area (Å²) in [7, 11) is 0. The van der Waals surface area contributed by atoms with Gasteiger partial charge >= 0.3 is 6.55 Å². The zero-order valence-electron chi connectivity index (χ0n) is 7.62. The van der Waals surface area contributed by atoms with E-state index in [9.17, 15) is 8.78 Å². The fourth-order valence-electron chi connectivity index (χ4n) is 1.58. The maximum Gasteiger partial charge on any atom is 0.319 e. The van der Waals surface area contributed by atoms with Crippen LogP contribution in [0.5, 0.6) is 0 Å². The molecular formula is C10H8ClF2NO. The molecular weight excluding hydrogens is 224 g/mol. The zero-order chi connectivity index (χ0) is 11.0. The number of hydrogen-bond donors (Lipinski definition) is 1. The highest BCUT2D eigenvalue weighted by Crippen LogP contribution is 2.28. The molecule has 0 aliphatic carbocycles. The van der Waals surface area contributed by atoms with Gasteiger partial charge in [-0.05, 0) is 12.1 Å². The molecule has 0 saturated carbocycles. The summed E-state index contributed by atoms with van der Waals surface area (Å²) >= 11 is 5.73. The predicted molar refractivity (Wildman–Crippen MR) is 54.1 cm³/mol. The molecule has 1 heterocycles. The summed E-state index contributed by atoms with van der Waals surface area (Å²) in [5, 5.41) is 10.0. The second-order valence-corrected chi connectivity index (χ2v) is 3.60. The number of rotatable bonds is 2. The molecule has 80 valence electrons. The second kappa shape index (κ2) is 3.79. The number of aliphatic hydroxyl groups excluding tert-OH is 1. The summed E-state index contributed by atoms with van der Waals surface area (Å²) in [4.78, 5) is 0. The first-order chi connectivity index (χ1) is 7.13. The molecule has 0 amide bonds. The number of benzene rings is 1. The Kier molecular flexibility index (Phi) is 2.63. The van der Waals surface area contributed by atoms with Gasteiger partial charge in [0.2, 0.25) is 0 Å². The van der Waals surface area contributed by atoms with Crippen LogP contribution in [-0.2, 0) is 6.61 Å². The molecule has 0 aliphatic heterocycles. The van der Waals surface area contributed by atoms with Crippen LogP contribution in [-0.4, -0.2) is 9.67 Å². The van der Waals surface area contributed by atoms with E-state index in [1.54, 1.807) is 12.1 Å². The van der Waals surface area contributed by atoms with Crippen molar-refractivity contribution in [3.05, 3.63) is 35.0 Å². The quantitative estimate of drug-likeness (QED) is 0.844. The van der Waals surface area contributed by atoms with Gasteiger partial charge in [-0.2, -0.15) is 8.78 Å². The monoisotopic (exact) mass is 231 g/mol. The van der Waals surface area contributed by atoms with Crippen LogP contribution in [0.4, 0.5) is 8.78 Å². The summed E-state index contributed by atoms with van der Waals surface area (Å²) in [5.41, 5.74) is 0.809. The van der Waals surface area contributed by atoms with E-state index < -0.39 is 6.55 Å². The molecule has 0 saturated heterocycles. The average molecular weight is 232 g/mol. The molecule has 2 aromatic rings. The molecule has 2 rings (SSSR count). The van der Waals surface area contributed by atoms with Gasteiger partial charge in [0.05, 0.1) is 12.1 Å². The van der Waals surface area contributed by atoms with Crippen LogP contribution in [0.3, 0.4) is 0 Å². The predicted octanol–water partition coefficient (Wildman–Crippen LogP) is 3.18. The molecule has 15 heavy (non-hydrogen) atoms. The Bertz CT molecular complexity index is 495. The van der Waals surface area contributed by atoms with Crippen molar-refractivity contribution < 1.29 is 13.9 Å². The Balaban J connectivity index is 2.76. The fourth-order valence-corrected chi connectivity index (χ4v) is 1.75. The lowest BCUT2D eigenvalue weighted by Gasteiger charge is -2.02. The van der Waals surface area contributed by atoms with Crippen molar-refractivity contribution >= 4 is 22.5 Å². The minimum absolute atomic E-state index is 0.266. The van der Waals surface area contributed by atoms with Gasteiger partial charge in [0.25, 0.3) is 0 Å². The third-order valence-corrected chi connectivity index (χ3v) is 2.49. The van der Waals surface area contributed by atoms with Gasteiger partial charge in [-0.3, -0.25) is 4.57 Å². The van der Waals surface area contributed by atoms with Crippen molar-refractivity contribution in [1.29, 1.82) is 0 Å². The zero-order valence-corrected chi connectivity index (χ0v) is 8.38. The van der Waals surface area contributed by atoms with Crippen molar-refractivity contribution in [2.45, 2.75) is 13.2 Å². The van der Waals surface area contributed by atoms with Crippen molar-refractivity contribution in [2.75, 3.05) is 0 Å². The highest BCUT2D eigenvalue weighted by atomic mass is 35.5. The lowest BCUT2D eigenvalue weighted by molar-refractivity contribution is 0.0749. The number of alkyl halides is 2. The summed E-state index contributed by atoms with van der Waals surface area (Å²) in [5.74, 6) is 0. The van der Waals surface area contributed by atoms with E-state index in [0.717, 1.165) is 4.57 Å².